The number of carbonyl (C=O) groups is 4. The topological polar surface area (TPSA) is 255 Å². The van der Waals surface area contributed by atoms with Crippen LogP contribution in [0.25, 0.3) is 66.9 Å². The van der Waals surface area contributed by atoms with Crippen LogP contribution in [0.4, 0.5) is 16.0 Å². The quantitative estimate of drug-likeness (QED) is 0.0479. The molecular formula is C62H71BrFK2N9O10. The van der Waals surface area contributed by atoms with Gasteiger partial charge >= 0.3 is 121 Å². The summed E-state index contributed by atoms with van der Waals surface area (Å²) < 4.78 is 25.6. The summed E-state index contributed by atoms with van der Waals surface area (Å²) in [5.41, 5.74) is 10.6. The smallest absolute Gasteiger partial charge is 1.00 e. The fraction of sp³-hybridized carbons (Fsp3) is 0.258. The number of hydrogen-bond acceptors (Lipinski definition) is 18. The van der Waals surface area contributed by atoms with Crippen molar-refractivity contribution in [2.75, 3.05) is 59.4 Å². The van der Waals surface area contributed by atoms with Crippen LogP contribution in [0.5, 0.6) is 0 Å². The first kappa shape index (κ1) is 75.5. The molecule has 0 bridgehead atoms. The summed E-state index contributed by atoms with van der Waals surface area (Å²) in [6.45, 7) is 12.4. The number of aromatic nitrogens is 6. The zero-order chi connectivity index (χ0) is 62.5. The number of carboxylic acid groups (broad SMARTS) is 1. The third-order valence-electron chi connectivity index (χ3n) is 12.0. The van der Waals surface area contributed by atoms with E-state index < -0.39 is 13.1 Å². The Morgan fingerprint density at radius 2 is 0.882 bits per heavy atom. The average Bonchev–Trinajstić information content (AvgIpc) is 1.12. The number of benzene rings is 6. The molecule has 3 N–H and O–H groups in total. The minimum Gasteiger partial charge on any atom is -1.00 e. The second kappa shape index (κ2) is 40.7. The molecule has 0 unspecified atom stereocenters. The van der Waals surface area contributed by atoms with Crippen molar-refractivity contribution in [1.29, 1.82) is 0 Å². The zero-order valence-electron chi connectivity index (χ0n) is 52.4. The monoisotopic (exact) mass is 1280 g/mol. The molecule has 0 aliphatic heterocycles. The number of aliphatic hydroxyl groups excluding tert-OH is 1. The van der Waals surface area contributed by atoms with Gasteiger partial charge in [0.2, 0.25) is 0 Å². The summed E-state index contributed by atoms with van der Waals surface area (Å²) in [5.74, 6) is -0.205. The summed E-state index contributed by atoms with van der Waals surface area (Å²) in [5, 5.41) is 27.6. The van der Waals surface area contributed by atoms with E-state index in [4.69, 9.17) is 45.9 Å². The number of alkyl halides is 1. The number of methoxy groups -OCH3 is 2. The summed E-state index contributed by atoms with van der Waals surface area (Å²) in [4.78, 5) is 78.1. The zero-order valence-corrected chi connectivity index (χ0v) is 58.2. The number of anilines is 2. The van der Waals surface area contributed by atoms with E-state index in [1.54, 1.807) is 54.6 Å². The van der Waals surface area contributed by atoms with Crippen LogP contribution >= 0.6 is 15.9 Å². The standard InChI is InChI=1S/C20H21N3O2.C19H19N3O2.C16H11BrN2O2.C4H11N.CH3F.CH2O3.CH4O.2K.H/c1-13(2)23(3)19-18(14-8-6-5-7-9-14)21-16-11-10-15(20(24)25-4)12-17(16)22-19;1-12(2)22(3)18-17(13-7-5-4-6-8-13)20-15-10-9-14(19(23)24)11-16(15)21-18;1-21-16(20)11-7-8-12-13(9-11)19-15(17)14(18-12)10-5-3-2-4-6-10;1-4(2)5-3;1-2;2-1-4-3;1-2;;;/h5-13H,1-4H3;4-12H,1-3H3,(H,23,24);2-9H,1H3;4-5H,1-3H3;1H3;1,3H;2H,1H3;;;/q;;;;;;;2*+1;-1/p-1/i;;;;1D;;;;;. The first-order chi connectivity index (χ1) is 40.3. The second-order valence-corrected chi connectivity index (χ2v) is 18.9. The Morgan fingerprint density at radius 3 is 1.18 bits per heavy atom. The molecule has 0 fully saturated rings. The number of nitrogens with one attached hydrogen (secondary N) is 1. The Kier molecular flexibility index (Phi) is 36.1. The van der Waals surface area contributed by atoms with E-state index in [1.165, 1.54) is 14.2 Å². The van der Waals surface area contributed by atoms with Crippen molar-refractivity contribution in [3.63, 3.8) is 0 Å². The molecule has 9 aromatic rings. The number of aliphatic hydroxyl groups is 1. The van der Waals surface area contributed by atoms with Crippen LogP contribution in [-0.2, 0) is 19.2 Å². The SMILES string of the molecule is CC(C)N(C)c1nc2cc(C(=O)O)ccc2nc1-c1ccccc1.CNC(C)C.CO.COC(=O)c1ccc2nc(-c3ccccc3)c(Br)nc2c1.COC(=O)c1ccc2nc(-c3ccccc3)c(N(C)C(C)C)nc2c1.O=CO[O-].[2H]CF.[H-].[K+].[K+]. The summed E-state index contributed by atoms with van der Waals surface area (Å²) in [6.07, 6.45) is 0. The number of hydrogen-bond donors (Lipinski definition) is 3. The van der Waals surface area contributed by atoms with Crippen molar-refractivity contribution in [1.82, 2.24) is 35.2 Å². The number of halogens is 2. The first-order valence-electron chi connectivity index (χ1n) is 26.3. The molecule has 0 saturated heterocycles. The Labute approximate surface area is 592 Å². The van der Waals surface area contributed by atoms with Crippen LogP contribution in [0.1, 0.15) is 75.4 Å². The van der Waals surface area contributed by atoms with Gasteiger partial charge in [-0.3, -0.25) is 9.18 Å². The molecule has 6 aromatic carbocycles. The number of rotatable bonds is 12. The van der Waals surface area contributed by atoms with Crippen molar-refractivity contribution >= 4 is 85.0 Å². The fourth-order valence-electron chi connectivity index (χ4n) is 7.09. The van der Waals surface area contributed by atoms with Gasteiger partial charge in [-0.05, 0) is 105 Å². The van der Waals surface area contributed by atoms with E-state index in [0.29, 0.717) is 43.8 Å². The molecule has 85 heavy (non-hydrogen) atoms. The number of carboxylic acids is 1. The van der Waals surface area contributed by atoms with Crippen molar-refractivity contribution in [2.24, 2.45) is 0 Å². The Morgan fingerprint density at radius 1 is 0.588 bits per heavy atom. The summed E-state index contributed by atoms with van der Waals surface area (Å²) in [7, 11) is 8.64. The van der Waals surface area contributed by atoms with Gasteiger partial charge in [0.25, 0.3) is 6.47 Å². The van der Waals surface area contributed by atoms with E-state index >= 15 is 0 Å². The Balaban J connectivity index is 0.00000113. The van der Waals surface area contributed by atoms with Gasteiger partial charge in [0.15, 0.2) is 11.6 Å². The van der Waals surface area contributed by atoms with Crippen LogP contribution in [0.3, 0.4) is 0 Å². The van der Waals surface area contributed by atoms with Crippen molar-refractivity contribution in [3.05, 3.63) is 167 Å². The van der Waals surface area contributed by atoms with Crippen LogP contribution in [0.15, 0.2) is 150 Å². The van der Waals surface area contributed by atoms with E-state index in [1.807, 2.05) is 117 Å². The number of nitrogens with zero attached hydrogens (tertiary/aromatic N) is 8. The average molecular weight is 1280 g/mol. The third-order valence-corrected chi connectivity index (χ3v) is 12.5. The van der Waals surface area contributed by atoms with Crippen LogP contribution in [-0.4, -0.2) is 132 Å². The molecule has 0 aliphatic carbocycles. The van der Waals surface area contributed by atoms with Gasteiger partial charge in [0.1, 0.15) is 21.7 Å². The number of fused-ring (bicyclic) bond motifs is 3. The molecule has 440 valence electrons. The van der Waals surface area contributed by atoms with Gasteiger partial charge in [-0.1, -0.05) is 105 Å². The molecule has 0 amide bonds. The third kappa shape index (κ3) is 23.2. The summed E-state index contributed by atoms with van der Waals surface area (Å²) in [6, 6.07) is 46.0. The molecule has 0 saturated carbocycles. The number of carbonyl (C=O) groups excluding carboxylic acids is 3. The molecular weight excluding hydrogens is 1210 g/mol. The molecule has 0 atom stereocenters. The predicted octanol–water partition coefficient (Wildman–Crippen LogP) is 4.98. The van der Waals surface area contributed by atoms with Gasteiger partial charge in [0.05, 0.1) is 72.5 Å². The van der Waals surface area contributed by atoms with E-state index in [9.17, 15) is 23.9 Å². The maximum atomic E-state index is 11.8. The van der Waals surface area contributed by atoms with Crippen molar-refractivity contribution < 1.29 is 159 Å². The predicted molar refractivity (Wildman–Crippen MR) is 327 cm³/mol. The fourth-order valence-corrected chi connectivity index (χ4v) is 7.59. The maximum absolute atomic E-state index is 11.8. The number of esters is 2. The first-order valence-corrected chi connectivity index (χ1v) is 26.4. The summed E-state index contributed by atoms with van der Waals surface area (Å²) >= 11 is 3.44. The molecule has 0 spiro atoms. The van der Waals surface area contributed by atoms with Crippen molar-refractivity contribution in [2.45, 2.75) is 59.7 Å². The number of ether oxygens (including phenoxy) is 2. The van der Waals surface area contributed by atoms with E-state index in [2.05, 4.69) is 82.5 Å². The van der Waals surface area contributed by atoms with Crippen molar-refractivity contribution in [3.8, 4) is 33.8 Å². The van der Waals surface area contributed by atoms with Crippen LogP contribution in [0.2, 0.25) is 0 Å². The molecule has 3 heterocycles. The van der Waals surface area contributed by atoms with Gasteiger partial charge in [-0.25, -0.2) is 44.3 Å². The normalized spacial score (nSPS) is 10.0. The Hall–Kier alpha value is -5.62. The minimum absolute atomic E-state index is 0. The Bertz CT molecular complexity index is 3540. The van der Waals surface area contributed by atoms with Gasteiger partial charge in [-0.15, -0.1) is 0 Å². The number of aromatic carboxylic acids is 1. The second-order valence-electron chi connectivity index (χ2n) is 18.2. The van der Waals surface area contributed by atoms with Crippen LogP contribution < -0.4 is 123 Å². The van der Waals surface area contributed by atoms with E-state index in [-0.39, 0.29) is 140 Å². The maximum Gasteiger partial charge on any atom is 1.00 e. The van der Waals surface area contributed by atoms with Gasteiger partial charge < -0.3 is 46.4 Å². The molecule has 23 heteroatoms. The molecule has 0 radical (unpaired) electrons. The molecule has 0 aliphatic rings. The van der Waals surface area contributed by atoms with Gasteiger partial charge in [0, 0.05) is 56.0 Å². The van der Waals surface area contributed by atoms with Gasteiger partial charge in [-0.2, -0.15) is 0 Å². The molecule has 9 rings (SSSR count). The van der Waals surface area contributed by atoms with Crippen LogP contribution in [0, 0.1) is 0 Å². The molecule has 3 aromatic heterocycles. The molecule has 19 nitrogen and oxygen atoms in total. The minimum atomic E-state index is -1.00. The van der Waals surface area contributed by atoms with E-state index in [0.717, 1.165) is 63.6 Å². The largest absolute Gasteiger partial charge is 1.00 e.